The van der Waals surface area contributed by atoms with E-state index in [2.05, 4.69) is 10.6 Å². The van der Waals surface area contributed by atoms with Crippen molar-refractivity contribution >= 4 is 23.4 Å². The number of ether oxygens (including phenoxy) is 1. The molecule has 1 atom stereocenters. The molecule has 150 valence electrons. The Balaban J connectivity index is 1.90. The second-order valence-corrected chi connectivity index (χ2v) is 7.26. The Bertz CT molecular complexity index is 773. The number of rotatable bonds is 9. The van der Waals surface area contributed by atoms with Crippen molar-refractivity contribution in [1.82, 2.24) is 10.6 Å². The van der Waals surface area contributed by atoms with Gasteiger partial charge in [-0.1, -0.05) is 37.6 Å². The van der Waals surface area contributed by atoms with Gasteiger partial charge in [0, 0.05) is 17.1 Å². The molecule has 0 aliphatic rings. The zero-order chi connectivity index (χ0) is 20.5. The van der Waals surface area contributed by atoms with Crippen LogP contribution in [0.15, 0.2) is 48.5 Å². The zero-order valence-corrected chi connectivity index (χ0v) is 17.3. The lowest BCUT2D eigenvalue weighted by molar-refractivity contribution is -0.123. The molecule has 6 heteroatoms. The summed E-state index contributed by atoms with van der Waals surface area (Å²) in [6, 6.07) is 13.8. The van der Waals surface area contributed by atoms with Crippen LogP contribution in [0.2, 0.25) is 5.02 Å². The highest BCUT2D eigenvalue weighted by molar-refractivity contribution is 6.30. The zero-order valence-electron chi connectivity index (χ0n) is 16.5. The summed E-state index contributed by atoms with van der Waals surface area (Å²) >= 11 is 5.88. The first-order valence-corrected chi connectivity index (χ1v) is 9.84. The Kier molecular flexibility index (Phi) is 8.33. The SMILES string of the molecule is CCOc1ccc(C(=O)N[C@H](C(=O)NCCc2ccc(Cl)cc2)C(C)C)cc1. The van der Waals surface area contributed by atoms with Crippen LogP contribution in [0.4, 0.5) is 0 Å². The topological polar surface area (TPSA) is 67.4 Å². The minimum atomic E-state index is -0.607. The maximum Gasteiger partial charge on any atom is 0.251 e. The summed E-state index contributed by atoms with van der Waals surface area (Å²) < 4.78 is 5.38. The molecule has 0 aliphatic carbocycles. The van der Waals surface area contributed by atoms with Gasteiger partial charge in [-0.3, -0.25) is 9.59 Å². The van der Waals surface area contributed by atoms with Crippen molar-refractivity contribution in [3.8, 4) is 5.75 Å². The largest absolute Gasteiger partial charge is 0.494 e. The number of carbonyl (C=O) groups excluding carboxylic acids is 2. The number of hydrogen-bond acceptors (Lipinski definition) is 3. The van der Waals surface area contributed by atoms with E-state index in [-0.39, 0.29) is 17.7 Å². The fraction of sp³-hybridized carbons (Fsp3) is 0.364. The highest BCUT2D eigenvalue weighted by Crippen LogP contribution is 2.13. The van der Waals surface area contributed by atoms with Crippen LogP contribution in [0, 0.1) is 5.92 Å². The van der Waals surface area contributed by atoms with E-state index >= 15 is 0 Å². The van der Waals surface area contributed by atoms with Crippen molar-refractivity contribution in [2.45, 2.75) is 33.2 Å². The van der Waals surface area contributed by atoms with Gasteiger partial charge < -0.3 is 15.4 Å². The highest BCUT2D eigenvalue weighted by atomic mass is 35.5. The summed E-state index contributed by atoms with van der Waals surface area (Å²) in [6.07, 6.45) is 0.695. The van der Waals surface area contributed by atoms with E-state index in [4.69, 9.17) is 16.3 Å². The molecule has 0 saturated heterocycles. The van der Waals surface area contributed by atoms with Crippen LogP contribution in [0.1, 0.15) is 36.7 Å². The number of benzene rings is 2. The molecule has 2 amide bonds. The normalized spacial score (nSPS) is 11.8. The molecule has 0 radical (unpaired) electrons. The lowest BCUT2D eigenvalue weighted by atomic mass is 10.0. The van der Waals surface area contributed by atoms with Gasteiger partial charge in [-0.15, -0.1) is 0 Å². The van der Waals surface area contributed by atoms with Gasteiger partial charge in [-0.25, -0.2) is 0 Å². The van der Waals surface area contributed by atoms with E-state index in [1.165, 1.54) is 0 Å². The molecule has 0 bridgehead atoms. The summed E-state index contributed by atoms with van der Waals surface area (Å²) in [6.45, 7) is 6.77. The molecule has 0 spiro atoms. The van der Waals surface area contributed by atoms with Gasteiger partial charge in [-0.05, 0) is 61.2 Å². The van der Waals surface area contributed by atoms with Crippen LogP contribution in [0.3, 0.4) is 0 Å². The molecule has 0 fully saturated rings. The van der Waals surface area contributed by atoms with Gasteiger partial charge in [0.25, 0.3) is 5.91 Å². The molecule has 0 unspecified atom stereocenters. The Morgan fingerprint density at radius 1 is 1.04 bits per heavy atom. The minimum absolute atomic E-state index is 0.0396. The van der Waals surface area contributed by atoms with Gasteiger partial charge in [0.1, 0.15) is 11.8 Å². The fourth-order valence-corrected chi connectivity index (χ4v) is 2.85. The predicted octanol–water partition coefficient (Wildman–Crippen LogP) is 3.85. The lowest BCUT2D eigenvalue weighted by Crippen LogP contribution is -2.50. The second kappa shape index (κ2) is 10.7. The third kappa shape index (κ3) is 6.57. The number of hydrogen-bond donors (Lipinski definition) is 2. The average Bonchev–Trinajstić information content (AvgIpc) is 2.68. The maximum absolute atomic E-state index is 12.6. The molecule has 2 N–H and O–H groups in total. The first-order chi connectivity index (χ1) is 13.4. The fourth-order valence-electron chi connectivity index (χ4n) is 2.72. The van der Waals surface area contributed by atoms with E-state index in [1.54, 1.807) is 24.3 Å². The molecular weight excluding hydrogens is 376 g/mol. The molecule has 0 aliphatic heterocycles. The highest BCUT2D eigenvalue weighted by Gasteiger charge is 2.24. The van der Waals surface area contributed by atoms with E-state index < -0.39 is 6.04 Å². The van der Waals surface area contributed by atoms with Crippen molar-refractivity contribution in [1.29, 1.82) is 0 Å². The Labute approximate surface area is 171 Å². The Morgan fingerprint density at radius 2 is 1.68 bits per heavy atom. The number of amides is 2. The van der Waals surface area contributed by atoms with Crippen molar-refractivity contribution < 1.29 is 14.3 Å². The number of nitrogens with one attached hydrogen (secondary N) is 2. The summed E-state index contributed by atoms with van der Waals surface area (Å²) in [7, 11) is 0. The van der Waals surface area contributed by atoms with Crippen LogP contribution < -0.4 is 15.4 Å². The predicted molar refractivity (Wildman–Crippen MR) is 112 cm³/mol. The quantitative estimate of drug-likeness (QED) is 0.669. The van der Waals surface area contributed by atoms with Crippen molar-refractivity contribution in [2.24, 2.45) is 5.92 Å². The third-order valence-electron chi connectivity index (χ3n) is 4.29. The molecule has 0 saturated carbocycles. The summed E-state index contributed by atoms with van der Waals surface area (Å²) in [5.74, 6) is 0.194. The lowest BCUT2D eigenvalue weighted by Gasteiger charge is -2.22. The maximum atomic E-state index is 12.6. The molecule has 0 heterocycles. The first kappa shape index (κ1) is 21.8. The first-order valence-electron chi connectivity index (χ1n) is 9.46. The second-order valence-electron chi connectivity index (χ2n) is 6.82. The van der Waals surface area contributed by atoms with Crippen molar-refractivity contribution in [3.63, 3.8) is 0 Å². The molecule has 2 aromatic rings. The Hall–Kier alpha value is -2.53. The van der Waals surface area contributed by atoms with E-state index in [0.29, 0.717) is 35.9 Å². The number of halogens is 1. The molecule has 2 aromatic carbocycles. The van der Waals surface area contributed by atoms with Gasteiger partial charge in [0.2, 0.25) is 5.91 Å². The Morgan fingerprint density at radius 3 is 2.25 bits per heavy atom. The van der Waals surface area contributed by atoms with Crippen LogP contribution in [-0.4, -0.2) is 31.0 Å². The van der Waals surface area contributed by atoms with Gasteiger partial charge in [0.05, 0.1) is 6.61 Å². The standard InChI is InChI=1S/C22H27ClN2O3/c1-4-28-19-11-7-17(8-12-19)21(26)25-20(15(2)3)22(27)24-14-13-16-5-9-18(23)10-6-16/h5-12,15,20H,4,13-14H2,1-3H3,(H,24,27)(H,25,26)/t20-/m0/s1. The number of carbonyl (C=O) groups is 2. The smallest absolute Gasteiger partial charge is 0.251 e. The van der Waals surface area contributed by atoms with Crippen LogP contribution in [0.25, 0.3) is 0 Å². The molecule has 0 aromatic heterocycles. The molecule has 28 heavy (non-hydrogen) atoms. The minimum Gasteiger partial charge on any atom is -0.494 e. The van der Waals surface area contributed by atoms with E-state index in [0.717, 1.165) is 5.56 Å². The molecular formula is C22H27ClN2O3. The van der Waals surface area contributed by atoms with Gasteiger partial charge >= 0.3 is 0 Å². The monoisotopic (exact) mass is 402 g/mol. The van der Waals surface area contributed by atoms with Crippen molar-refractivity contribution in [3.05, 3.63) is 64.7 Å². The van der Waals surface area contributed by atoms with Crippen LogP contribution in [-0.2, 0) is 11.2 Å². The third-order valence-corrected chi connectivity index (χ3v) is 4.54. The van der Waals surface area contributed by atoms with Crippen LogP contribution >= 0.6 is 11.6 Å². The van der Waals surface area contributed by atoms with E-state index in [9.17, 15) is 9.59 Å². The molecule has 5 nitrogen and oxygen atoms in total. The van der Waals surface area contributed by atoms with Gasteiger partial charge in [-0.2, -0.15) is 0 Å². The summed E-state index contributed by atoms with van der Waals surface area (Å²) in [5.41, 5.74) is 1.58. The summed E-state index contributed by atoms with van der Waals surface area (Å²) in [5, 5.41) is 6.42. The van der Waals surface area contributed by atoms with Gasteiger partial charge in [0.15, 0.2) is 0 Å². The van der Waals surface area contributed by atoms with Crippen molar-refractivity contribution in [2.75, 3.05) is 13.2 Å². The summed E-state index contributed by atoms with van der Waals surface area (Å²) in [4.78, 5) is 25.1. The molecule has 2 rings (SSSR count). The van der Waals surface area contributed by atoms with Crippen LogP contribution in [0.5, 0.6) is 5.75 Å². The van der Waals surface area contributed by atoms with E-state index in [1.807, 2.05) is 45.0 Å². The average molecular weight is 403 g/mol.